The maximum atomic E-state index is 12.6. The van der Waals surface area contributed by atoms with Gasteiger partial charge in [0, 0.05) is 6.04 Å². The van der Waals surface area contributed by atoms with Crippen molar-refractivity contribution >= 4 is 10.0 Å². The summed E-state index contributed by atoms with van der Waals surface area (Å²) in [6, 6.07) is 5.18. The molecule has 5 nitrogen and oxygen atoms in total. The van der Waals surface area contributed by atoms with Gasteiger partial charge in [-0.2, -0.15) is 0 Å². The number of hydrogen-bond donors (Lipinski definition) is 2. The van der Waals surface area contributed by atoms with E-state index in [4.69, 9.17) is 4.74 Å². The lowest BCUT2D eigenvalue weighted by Crippen LogP contribution is -2.42. The van der Waals surface area contributed by atoms with E-state index in [1.165, 1.54) is 0 Å². The number of piperidine rings is 1. The summed E-state index contributed by atoms with van der Waals surface area (Å²) in [6.07, 6.45) is 2.58. The molecular formula is C17H28N2O3S. The molecule has 0 unspecified atom stereocenters. The Morgan fingerprint density at radius 3 is 2.61 bits per heavy atom. The van der Waals surface area contributed by atoms with E-state index in [1.807, 2.05) is 13.8 Å². The van der Waals surface area contributed by atoms with Crippen molar-refractivity contribution in [2.75, 3.05) is 19.7 Å². The highest BCUT2D eigenvalue weighted by atomic mass is 32.2. The number of sulfonamides is 1. The van der Waals surface area contributed by atoms with Gasteiger partial charge < -0.3 is 10.1 Å². The summed E-state index contributed by atoms with van der Waals surface area (Å²) in [4.78, 5) is 0.323. The largest absolute Gasteiger partial charge is 0.493 e. The van der Waals surface area contributed by atoms with Gasteiger partial charge in [-0.3, -0.25) is 0 Å². The molecule has 2 N–H and O–H groups in total. The van der Waals surface area contributed by atoms with E-state index in [0.29, 0.717) is 11.5 Å². The fourth-order valence-corrected chi connectivity index (χ4v) is 4.06. The minimum atomic E-state index is -3.49. The summed E-state index contributed by atoms with van der Waals surface area (Å²) in [5, 5.41) is 3.24. The third-order valence-corrected chi connectivity index (χ3v) is 5.55. The molecule has 0 amide bonds. The van der Waals surface area contributed by atoms with Crippen LogP contribution in [0, 0.1) is 0 Å². The summed E-state index contributed by atoms with van der Waals surface area (Å²) < 4.78 is 33.8. The molecule has 1 aliphatic rings. The summed E-state index contributed by atoms with van der Waals surface area (Å²) in [5.41, 5.74) is 0.937. The zero-order valence-electron chi connectivity index (χ0n) is 14.3. The smallest absolute Gasteiger partial charge is 0.240 e. The van der Waals surface area contributed by atoms with Crippen LogP contribution in [0.4, 0.5) is 0 Å². The molecule has 130 valence electrons. The normalized spacial score (nSPS) is 16.7. The van der Waals surface area contributed by atoms with Gasteiger partial charge in [-0.25, -0.2) is 13.1 Å². The molecule has 1 aromatic carbocycles. The molecule has 0 radical (unpaired) electrons. The highest BCUT2D eigenvalue weighted by Gasteiger charge is 2.23. The van der Waals surface area contributed by atoms with Gasteiger partial charge in [-0.05, 0) is 62.0 Å². The van der Waals surface area contributed by atoms with Crippen LogP contribution in [-0.4, -0.2) is 34.2 Å². The quantitative estimate of drug-likeness (QED) is 0.801. The molecule has 23 heavy (non-hydrogen) atoms. The van der Waals surface area contributed by atoms with Gasteiger partial charge in [-0.15, -0.1) is 0 Å². The number of rotatable bonds is 7. The third-order valence-electron chi connectivity index (χ3n) is 4.04. The fraction of sp³-hybridized carbons (Fsp3) is 0.647. The third kappa shape index (κ3) is 4.93. The molecule has 0 spiro atoms. The Hall–Kier alpha value is -1.11. The minimum absolute atomic E-state index is 0.0137. The highest BCUT2D eigenvalue weighted by Crippen LogP contribution is 2.29. The lowest BCUT2D eigenvalue weighted by molar-refractivity contribution is 0.312. The maximum Gasteiger partial charge on any atom is 0.240 e. The Morgan fingerprint density at radius 2 is 2.00 bits per heavy atom. The van der Waals surface area contributed by atoms with Gasteiger partial charge in [0.05, 0.1) is 11.5 Å². The van der Waals surface area contributed by atoms with Crippen LogP contribution in [0.25, 0.3) is 0 Å². The van der Waals surface area contributed by atoms with Crippen LogP contribution in [0.3, 0.4) is 0 Å². The number of hydrogen-bond acceptors (Lipinski definition) is 4. The van der Waals surface area contributed by atoms with Gasteiger partial charge in [0.2, 0.25) is 10.0 Å². The van der Waals surface area contributed by atoms with Crippen molar-refractivity contribution in [3.63, 3.8) is 0 Å². The SMILES string of the molecule is CCCOc1ccc(S(=O)(=O)NC2CCNCC2)cc1C(C)C. The van der Waals surface area contributed by atoms with E-state index in [2.05, 4.69) is 17.0 Å². The van der Waals surface area contributed by atoms with Crippen molar-refractivity contribution in [2.24, 2.45) is 0 Å². The Morgan fingerprint density at radius 1 is 1.30 bits per heavy atom. The van der Waals surface area contributed by atoms with E-state index in [-0.39, 0.29) is 12.0 Å². The summed E-state index contributed by atoms with van der Waals surface area (Å²) >= 11 is 0. The molecule has 1 aliphatic heterocycles. The van der Waals surface area contributed by atoms with Crippen LogP contribution in [0.1, 0.15) is 51.5 Å². The van der Waals surface area contributed by atoms with Crippen LogP contribution in [0.2, 0.25) is 0 Å². The standard InChI is InChI=1S/C17H28N2O3S/c1-4-11-22-17-6-5-15(12-16(17)13(2)3)23(20,21)19-14-7-9-18-10-8-14/h5-6,12-14,18-19H,4,7-11H2,1-3H3. The molecule has 1 heterocycles. The van der Waals surface area contributed by atoms with Crippen molar-refractivity contribution < 1.29 is 13.2 Å². The molecule has 0 aliphatic carbocycles. The first-order chi connectivity index (χ1) is 10.9. The first-order valence-corrected chi connectivity index (χ1v) is 9.92. The van der Waals surface area contributed by atoms with Crippen LogP contribution in [0.15, 0.2) is 23.1 Å². The van der Waals surface area contributed by atoms with Crippen LogP contribution < -0.4 is 14.8 Å². The van der Waals surface area contributed by atoms with Crippen LogP contribution in [-0.2, 0) is 10.0 Å². The van der Waals surface area contributed by atoms with Crippen LogP contribution in [0.5, 0.6) is 5.75 Å². The Kier molecular flexibility index (Phi) is 6.44. The predicted molar refractivity (Wildman–Crippen MR) is 92.5 cm³/mol. The molecule has 0 atom stereocenters. The molecule has 6 heteroatoms. The van der Waals surface area contributed by atoms with E-state index in [0.717, 1.165) is 43.7 Å². The first-order valence-electron chi connectivity index (χ1n) is 8.44. The van der Waals surface area contributed by atoms with Gasteiger partial charge in [-0.1, -0.05) is 20.8 Å². The zero-order valence-corrected chi connectivity index (χ0v) is 15.1. The van der Waals surface area contributed by atoms with E-state index < -0.39 is 10.0 Å². The van der Waals surface area contributed by atoms with Gasteiger partial charge in [0.15, 0.2) is 0 Å². The average Bonchev–Trinajstić information content (AvgIpc) is 2.53. The molecular weight excluding hydrogens is 312 g/mol. The molecule has 0 bridgehead atoms. The minimum Gasteiger partial charge on any atom is -0.493 e. The number of benzene rings is 1. The molecule has 1 fully saturated rings. The van der Waals surface area contributed by atoms with Gasteiger partial charge in [0.25, 0.3) is 0 Å². The average molecular weight is 340 g/mol. The van der Waals surface area contributed by atoms with E-state index in [1.54, 1.807) is 18.2 Å². The Labute approximate surface area is 139 Å². The zero-order chi connectivity index (χ0) is 16.9. The first kappa shape index (κ1) is 18.2. The second-order valence-corrected chi connectivity index (χ2v) is 8.06. The topological polar surface area (TPSA) is 67.4 Å². The van der Waals surface area contributed by atoms with Crippen LogP contribution >= 0.6 is 0 Å². The van der Waals surface area contributed by atoms with Gasteiger partial charge >= 0.3 is 0 Å². The molecule has 0 saturated carbocycles. The Bertz CT molecular complexity index is 608. The second kappa shape index (κ2) is 8.13. The van der Waals surface area contributed by atoms with Crippen molar-refractivity contribution in [1.82, 2.24) is 10.0 Å². The van der Waals surface area contributed by atoms with Crippen molar-refractivity contribution in [3.8, 4) is 5.75 Å². The van der Waals surface area contributed by atoms with Crippen molar-refractivity contribution in [1.29, 1.82) is 0 Å². The Balaban J connectivity index is 2.21. The van der Waals surface area contributed by atoms with Crippen molar-refractivity contribution in [3.05, 3.63) is 23.8 Å². The fourth-order valence-electron chi connectivity index (χ4n) is 2.72. The molecule has 1 aromatic rings. The second-order valence-electron chi connectivity index (χ2n) is 6.35. The number of ether oxygens (including phenoxy) is 1. The van der Waals surface area contributed by atoms with Gasteiger partial charge in [0.1, 0.15) is 5.75 Å². The molecule has 1 saturated heterocycles. The predicted octanol–water partition coefficient (Wildman–Crippen LogP) is 2.63. The molecule has 0 aromatic heterocycles. The lowest BCUT2D eigenvalue weighted by Gasteiger charge is -2.24. The molecule has 2 rings (SSSR count). The lowest BCUT2D eigenvalue weighted by atomic mass is 10.0. The van der Waals surface area contributed by atoms with E-state index in [9.17, 15) is 8.42 Å². The number of nitrogens with one attached hydrogen (secondary N) is 2. The monoisotopic (exact) mass is 340 g/mol. The summed E-state index contributed by atoms with van der Waals surface area (Å²) in [6.45, 7) is 8.49. The van der Waals surface area contributed by atoms with E-state index >= 15 is 0 Å². The van der Waals surface area contributed by atoms with Crippen molar-refractivity contribution in [2.45, 2.75) is 56.9 Å². The summed E-state index contributed by atoms with van der Waals surface area (Å²) in [5.74, 6) is 0.985. The maximum absolute atomic E-state index is 12.6. The highest BCUT2D eigenvalue weighted by molar-refractivity contribution is 7.89. The summed E-state index contributed by atoms with van der Waals surface area (Å²) in [7, 11) is -3.49.